The van der Waals surface area contributed by atoms with Crippen molar-refractivity contribution in [1.82, 2.24) is 10.2 Å². The van der Waals surface area contributed by atoms with Crippen LogP contribution in [0, 0.1) is 0 Å². The Balaban J connectivity index is 2.56. The smallest absolute Gasteiger partial charge is 0.323 e. The van der Waals surface area contributed by atoms with Gasteiger partial charge in [-0.1, -0.05) is 6.92 Å². The second-order valence-corrected chi connectivity index (χ2v) is 5.35. The summed E-state index contributed by atoms with van der Waals surface area (Å²) in [5.41, 5.74) is 4.98. The summed E-state index contributed by atoms with van der Waals surface area (Å²) in [6.07, 6.45) is 0.922. The summed E-state index contributed by atoms with van der Waals surface area (Å²) in [5, 5.41) is 11.3. The van der Waals surface area contributed by atoms with Crippen LogP contribution < -0.4 is 11.1 Å². The zero-order valence-corrected chi connectivity index (χ0v) is 11.9. The number of hydrogen-bond acceptors (Lipinski definition) is 4. The first-order valence-electron chi connectivity index (χ1n) is 6.02. The van der Waals surface area contributed by atoms with E-state index in [0.29, 0.717) is 6.54 Å². The number of nitrogens with two attached hydrogens (primary N) is 1. The Morgan fingerprint density at radius 1 is 1.30 bits per heavy atom. The van der Waals surface area contributed by atoms with Crippen LogP contribution in [0.25, 0.3) is 0 Å². The number of carbonyl (C=O) groups excluding carboxylic acids is 2. The molecule has 0 aliphatic rings. The fraction of sp³-hybridized carbons (Fsp3) is 0.417. The van der Waals surface area contributed by atoms with E-state index in [1.807, 2.05) is 19.1 Å². The van der Waals surface area contributed by atoms with Gasteiger partial charge in [0.1, 0.15) is 13.1 Å². The molecule has 110 valence electrons. The molecule has 0 aromatic carbocycles. The van der Waals surface area contributed by atoms with E-state index >= 15 is 0 Å². The van der Waals surface area contributed by atoms with Gasteiger partial charge in [0.15, 0.2) is 0 Å². The number of thiophene rings is 1. The molecule has 0 spiro atoms. The van der Waals surface area contributed by atoms with E-state index in [0.717, 1.165) is 16.2 Å². The predicted octanol–water partition coefficient (Wildman–Crippen LogP) is 0.392. The number of primary amides is 1. The summed E-state index contributed by atoms with van der Waals surface area (Å²) >= 11 is 1.57. The lowest BCUT2D eigenvalue weighted by molar-refractivity contribution is -0.137. The maximum absolute atomic E-state index is 11.8. The molecule has 20 heavy (non-hydrogen) atoms. The van der Waals surface area contributed by atoms with Crippen molar-refractivity contribution in [1.29, 1.82) is 0 Å². The molecule has 1 heterocycles. The number of urea groups is 1. The fourth-order valence-corrected chi connectivity index (χ4v) is 2.43. The van der Waals surface area contributed by atoms with E-state index in [-0.39, 0.29) is 0 Å². The number of carboxylic acids is 1. The molecule has 0 saturated heterocycles. The number of aliphatic carboxylic acids is 1. The molecule has 1 rings (SSSR count). The van der Waals surface area contributed by atoms with Gasteiger partial charge in [0.25, 0.3) is 0 Å². The van der Waals surface area contributed by atoms with Gasteiger partial charge in [0.2, 0.25) is 5.91 Å². The van der Waals surface area contributed by atoms with Crippen molar-refractivity contribution in [3.63, 3.8) is 0 Å². The average molecular weight is 299 g/mol. The number of amides is 3. The molecule has 4 N–H and O–H groups in total. The van der Waals surface area contributed by atoms with Crippen LogP contribution >= 0.6 is 11.3 Å². The van der Waals surface area contributed by atoms with Crippen LogP contribution in [-0.2, 0) is 22.6 Å². The van der Waals surface area contributed by atoms with Gasteiger partial charge in [0, 0.05) is 9.75 Å². The third-order valence-corrected chi connectivity index (χ3v) is 3.67. The Labute approximate surface area is 120 Å². The van der Waals surface area contributed by atoms with E-state index in [4.69, 9.17) is 10.8 Å². The maximum Gasteiger partial charge on any atom is 0.323 e. The number of aryl methyl sites for hydroxylation is 1. The van der Waals surface area contributed by atoms with Gasteiger partial charge in [-0.05, 0) is 18.6 Å². The van der Waals surface area contributed by atoms with Gasteiger partial charge in [-0.3, -0.25) is 9.59 Å². The number of nitrogens with one attached hydrogen (secondary N) is 1. The van der Waals surface area contributed by atoms with Gasteiger partial charge < -0.3 is 21.1 Å². The molecule has 1 aromatic heterocycles. The van der Waals surface area contributed by atoms with E-state index in [1.54, 1.807) is 11.3 Å². The van der Waals surface area contributed by atoms with Crippen molar-refractivity contribution < 1.29 is 19.5 Å². The summed E-state index contributed by atoms with van der Waals surface area (Å²) in [5.74, 6) is -1.96. The largest absolute Gasteiger partial charge is 0.480 e. The number of carboxylic acid groups (broad SMARTS) is 1. The summed E-state index contributed by atoms with van der Waals surface area (Å²) in [6, 6.07) is 3.25. The Morgan fingerprint density at radius 2 is 1.95 bits per heavy atom. The van der Waals surface area contributed by atoms with Crippen molar-refractivity contribution in [2.24, 2.45) is 5.73 Å². The molecular weight excluding hydrogens is 282 g/mol. The second kappa shape index (κ2) is 7.49. The minimum Gasteiger partial charge on any atom is -0.480 e. The van der Waals surface area contributed by atoms with E-state index in [2.05, 4.69) is 5.32 Å². The number of nitrogens with zero attached hydrogens (tertiary/aromatic N) is 1. The first-order chi connectivity index (χ1) is 9.42. The number of rotatable bonds is 7. The quantitative estimate of drug-likeness (QED) is 0.676. The van der Waals surface area contributed by atoms with Crippen LogP contribution in [0.15, 0.2) is 12.1 Å². The van der Waals surface area contributed by atoms with Crippen LogP contribution in [0.2, 0.25) is 0 Å². The predicted molar refractivity (Wildman–Crippen MR) is 74.3 cm³/mol. The molecule has 0 atom stereocenters. The second-order valence-electron chi connectivity index (χ2n) is 4.10. The van der Waals surface area contributed by atoms with E-state index in [9.17, 15) is 14.4 Å². The zero-order valence-electron chi connectivity index (χ0n) is 11.1. The van der Waals surface area contributed by atoms with Gasteiger partial charge in [-0.2, -0.15) is 0 Å². The van der Waals surface area contributed by atoms with E-state index in [1.165, 1.54) is 4.88 Å². The molecule has 0 aliphatic carbocycles. The van der Waals surface area contributed by atoms with Crippen molar-refractivity contribution >= 4 is 29.2 Å². The molecule has 0 unspecified atom stereocenters. The van der Waals surface area contributed by atoms with Gasteiger partial charge in [0.05, 0.1) is 6.54 Å². The third-order valence-electron chi connectivity index (χ3n) is 2.44. The summed E-state index contributed by atoms with van der Waals surface area (Å²) < 4.78 is 0. The Morgan fingerprint density at radius 3 is 2.45 bits per heavy atom. The van der Waals surface area contributed by atoms with Crippen molar-refractivity contribution in [3.8, 4) is 0 Å². The van der Waals surface area contributed by atoms with Crippen molar-refractivity contribution in [2.45, 2.75) is 19.9 Å². The van der Waals surface area contributed by atoms with E-state index < -0.39 is 31.0 Å². The normalized spacial score (nSPS) is 10.1. The lowest BCUT2D eigenvalue weighted by Gasteiger charge is -2.19. The van der Waals surface area contributed by atoms with Crippen molar-refractivity contribution in [3.05, 3.63) is 21.9 Å². The van der Waals surface area contributed by atoms with Gasteiger partial charge in [-0.25, -0.2) is 4.79 Å². The molecule has 0 saturated carbocycles. The summed E-state index contributed by atoms with van der Waals surface area (Å²) in [7, 11) is 0. The SMILES string of the molecule is CCc1ccc(CNC(=O)N(CC(N)=O)CC(=O)O)s1. The lowest BCUT2D eigenvalue weighted by Crippen LogP contribution is -2.46. The first-order valence-corrected chi connectivity index (χ1v) is 6.84. The highest BCUT2D eigenvalue weighted by Gasteiger charge is 2.18. The van der Waals surface area contributed by atoms with Crippen LogP contribution in [0.4, 0.5) is 4.79 Å². The molecule has 1 aromatic rings. The Hall–Kier alpha value is -2.09. The monoisotopic (exact) mass is 299 g/mol. The van der Waals surface area contributed by atoms with Crippen LogP contribution in [0.1, 0.15) is 16.7 Å². The highest BCUT2D eigenvalue weighted by Crippen LogP contribution is 2.16. The highest BCUT2D eigenvalue weighted by molar-refractivity contribution is 7.11. The molecule has 8 heteroatoms. The fourth-order valence-electron chi connectivity index (χ4n) is 1.53. The average Bonchev–Trinajstić information content (AvgIpc) is 2.82. The summed E-state index contributed by atoms with van der Waals surface area (Å²) in [4.78, 5) is 36.3. The molecule has 3 amide bonds. The first kappa shape index (κ1) is 16.0. The standard InChI is InChI=1S/C12H17N3O4S/c1-2-8-3-4-9(20-8)5-14-12(19)15(6-10(13)16)7-11(17)18/h3-4H,2,5-7H2,1H3,(H2,13,16)(H,14,19)(H,17,18). The molecule has 7 nitrogen and oxygen atoms in total. The van der Waals surface area contributed by atoms with Gasteiger partial charge in [-0.15, -0.1) is 11.3 Å². The Kier molecular flexibility index (Phi) is 5.98. The van der Waals surface area contributed by atoms with Crippen molar-refractivity contribution in [2.75, 3.05) is 13.1 Å². The molecule has 0 bridgehead atoms. The zero-order chi connectivity index (χ0) is 15.1. The van der Waals surface area contributed by atoms with Crippen LogP contribution in [-0.4, -0.2) is 41.0 Å². The van der Waals surface area contributed by atoms with Crippen LogP contribution in [0.5, 0.6) is 0 Å². The third kappa shape index (κ3) is 5.27. The topological polar surface area (TPSA) is 113 Å². The molecule has 0 radical (unpaired) electrons. The summed E-state index contributed by atoms with van der Waals surface area (Å²) in [6.45, 7) is 1.33. The molecule has 0 aliphatic heterocycles. The minimum atomic E-state index is -1.20. The number of carbonyl (C=O) groups is 3. The highest BCUT2D eigenvalue weighted by atomic mass is 32.1. The van der Waals surface area contributed by atoms with Gasteiger partial charge >= 0.3 is 12.0 Å². The Bertz CT molecular complexity index is 485. The maximum atomic E-state index is 11.8. The molecule has 0 fully saturated rings. The minimum absolute atomic E-state index is 0.290. The lowest BCUT2D eigenvalue weighted by atomic mass is 10.3. The number of hydrogen-bond donors (Lipinski definition) is 3. The molecular formula is C12H17N3O4S. The van der Waals surface area contributed by atoms with Crippen LogP contribution in [0.3, 0.4) is 0 Å².